The van der Waals surface area contributed by atoms with Gasteiger partial charge >= 0.3 is 10.2 Å². The van der Waals surface area contributed by atoms with Gasteiger partial charge in [0, 0.05) is 37.8 Å². The molecule has 314 valence electrons. The average molecular weight is 836 g/mol. The van der Waals surface area contributed by atoms with E-state index in [1.54, 1.807) is 17.8 Å². The summed E-state index contributed by atoms with van der Waals surface area (Å²) in [6.45, 7) is 3.68. The topological polar surface area (TPSA) is 155 Å². The summed E-state index contributed by atoms with van der Waals surface area (Å²) in [6.07, 6.45) is 9.68. The zero-order valence-electron chi connectivity index (χ0n) is 33.0. The largest absolute Gasteiger partial charge is 0.451 e. The van der Waals surface area contributed by atoms with Crippen LogP contribution >= 0.6 is 0 Å². The molecular weight excluding hydrogens is 788 g/mol. The number of hydrogen-bond donors (Lipinski definition) is 3. The maximum atomic E-state index is 15.4. The van der Waals surface area contributed by atoms with Crippen molar-refractivity contribution < 1.29 is 35.9 Å². The number of carbonyl (C=O) groups is 2. The monoisotopic (exact) mass is 835 g/mol. The van der Waals surface area contributed by atoms with Crippen LogP contribution in [0.3, 0.4) is 0 Å². The van der Waals surface area contributed by atoms with E-state index in [-0.39, 0.29) is 58.8 Å². The van der Waals surface area contributed by atoms with Crippen LogP contribution in [0, 0.1) is 22.9 Å². The van der Waals surface area contributed by atoms with Crippen LogP contribution in [-0.4, -0.2) is 77.8 Å². The fourth-order valence-electron chi connectivity index (χ4n) is 9.29. The lowest BCUT2D eigenvalue weighted by molar-refractivity contribution is -0.133. The van der Waals surface area contributed by atoms with E-state index in [0.29, 0.717) is 29.2 Å². The van der Waals surface area contributed by atoms with Crippen LogP contribution in [0.25, 0.3) is 10.9 Å². The number of benzene rings is 3. The molecular formula is C42H48F3N7O6S. The molecule has 8 rings (SSSR count). The van der Waals surface area contributed by atoms with E-state index in [1.165, 1.54) is 31.3 Å². The Morgan fingerprint density at radius 3 is 2.37 bits per heavy atom. The molecule has 4 fully saturated rings. The molecule has 1 aromatic heterocycles. The molecule has 59 heavy (non-hydrogen) atoms. The summed E-state index contributed by atoms with van der Waals surface area (Å²) in [5.41, 5.74) is 1.00. The van der Waals surface area contributed by atoms with Gasteiger partial charge in [0.2, 0.25) is 17.6 Å². The molecule has 1 spiro atoms. The predicted molar refractivity (Wildman–Crippen MR) is 216 cm³/mol. The van der Waals surface area contributed by atoms with Gasteiger partial charge < -0.3 is 15.0 Å². The van der Waals surface area contributed by atoms with E-state index < -0.39 is 45.2 Å². The smallest absolute Gasteiger partial charge is 0.301 e. The summed E-state index contributed by atoms with van der Waals surface area (Å²) >= 11 is 0. The standard InChI is InChI=1S/C42H48F3N7O6S/c1-3-50(2)59(56,57)49-35-13-11-32(43)39(38(35)45)58-29-9-12-34-31(21-29)41(55)52(24-46-34)28-22-42(23-28)16-18-51(19-17-42)27-7-4-25(5-8-27)30-10-6-26(20-33(30)44)47-36-14-15-37(53)48-40(36)54/h6,9-13,20-21,24-25,27-28,36,47,49H,3-5,7-8,14-19,22-23H2,1-2H3,(H,48,53,54). The van der Waals surface area contributed by atoms with Crippen molar-refractivity contribution in [3.63, 3.8) is 0 Å². The molecule has 0 bridgehead atoms. The normalized spacial score (nSPS) is 22.6. The maximum Gasteiger partial charge on any atom is 0.301 e. The van der Waals surface area contributed by atoms with Crippen molar-refractivity contribution in [3.8, 4) is 11.5 Å². The summed E-state index contributed by atoms with van der Waals surface area (Å²) in [4.78, 5) is 44.4. The second-order valence-electron chi connectivity index (χ2n) is 16.5. The first kappa shape index (κ1) is 40.8. The predicted octanol–water partition coefficient (Wildman–Crippen LogP) is 6.58. The molecule has 2 saturated heterocycles. The maximum absolute atomic E-state index is 15.4. The Labute approximate surface area is 340 Å². The number of ether oxygens (including phenoxy) is 1. The third-order valence-corrected chi connectivity index (χ3v) is 14.5. The number of aromatic nitrogens is 2. The van der Waals surface area contributed by atoms with Gasteiger partial charge in [0.15, 0.2) is 11.6 Å². The van der Waals surface area contributed by atoms with Crippen molar-refractivity contribution in [2.24, 2.45) is 5.41 Å². The number of nitrogens with one attached hydrogen (secondary N) is 3. The summed E-state index contributed by atoms with van der Waals surface area (Å²) in [6, 6.07) is 11.2. The van der Waals surface area contributed by atoms with Crippen molar-refractivity contribution in [2.75, 3.05) is 36.7 Å². The number of carbonyl (C=O) groups excluding carboxylic acids is 2. The molecule has 3 N–H and O–H groups in total. The first-order chi connectivity index (χ1) is 28.2. The number of hydrogen-bond acceptors (Lipinski definition) is 9. The molecule has 4 aromatic rings. The Kier molecular flexibility index (Phi) is 11.2. The third kappa shape index (κ3) is 8.28. The zero-order valence-corrected chi connectivity index (χ0v) is 33.8. The highest BCUT2D eigenvalue weighted by Gasteiger charge is 2.47. The number of fused-ring (bicyclic) bond motifs is 1. The highest BCUT2D eigenvalue weighted by Crippen LogP contribution is 2.55. The van der Waals surface area contributed by atoms with Gasteiger partial charge in [-0.1, -0.05) is 13.0 Å². The minimum atomic E-state index is -4.08. The Bertz CT molecular complexity index is 2440. The molecule has 17 heteroatoms. The van der Waals surface area contributed by atoms with E-state index in [0.717, 1.165) is 80.9 Å². The van der Waals surface area contributed by atoms with Gasteiger partial charge in [-0.05, 0) is 130 Å². The molecule has 1 atom stereocenters. The van der Waals surface area contributed by atoms with Crippen LogP contribution in [-0.2, 0) is 19.8 Å². The van der Waals surface area contributed by atoms with Gasteiger partial charge in [-0.25, -0.2) is 18.2 Å². The van der Waals surface area contributed by atoms with Gasteiger partial charge in [-0.3, -0.25) is 29.0 Å². The fourth-order valence-corrected chi connectivity index (χ4v) is 10.2. The minimum absolute atomic E-state index is 0.00788. The Morgan fingerprint density at radius 1 is 0.932 bits per heavy atom. The van der Waals surface area contributed by atoms with Crippen molar-refractivity contribution in [2.45, 2.75) is 95.2 Å². The highest BCUT2D eigenvalue weighted by molar-refractivity contribution is 7.90. The summed E-state index contributed by atoms with van der Waals surface area (Å²) in [5, 5.41) is 5.61. The van der Waals surface area contributed by atoms with Crippen LogP contribution in [0.5, 0.6) is 11.5 Å². The first-order valence-corrected chi connectivity index (χ1v) is 21.7. The summed E-state index contributed by atoms with van der Waals surface area (Å²) in [5.74, 6) is -3.93. The molecule has 3 heterocycles. The van der Waals surface area contributed by atoms with Crippen molar-refractivity contribution in [3.05, 3.63) is 88.2 Å². The van der Waals surface area contributed by atoms with Crippen LogP contribution in [0.1, 0.15) is 88.7 Å². The van der Waals surface area contributed by atoms with Crippen LogP contribution in [0.4, 0.5) is 24.5 Å². The lowest BCUT2D eigenvalue weighted by Gasteiger charge is -2.54. The van der Waals surface area contributed by atoms with Gasteiger partial charge in [-0.2, -0.15) is 12.7 Å². The van der Waals surface area contributed by atoms with Gasteiger partial charge in [0.25, 0.3) is 5.56 Å². The first-order valence-electron chi connectivity index (χ1n) is 20.3. The summed E-state index contributed by atoms with van der Waals surface area (Å²) in [7, 11) is -2.77. The third-order valence-electron chi connectivity index (χ3n) is 12.9. The number of rotatable bonds is 11. The number of piperidine rings is 2. The number of amides is 2. The van der Waals surface area contributed by atoms with Crippen molar-refractivity contribution in [1.82, 2.24) is 24.1 Å². The van der Waals surface area contributed by atoms with Gasteiger partial charge in [0.1, 0.15) is 17.6 Å². The molecule has 3 aromatic carbocycles. The minimum Gasteiger partial charge on any atom is -0.451 e. The molecule has 0 radical (unpaired) electrons. The van der Waals surface area contributed by atoms with E-state index in [4.69, 9.17) is 4.74 Å². The molecule has 2 aliphatic heterocycles. The molecule has 1 unspecified atom stereocenters. The second-order valence-corrected chi connectivity index (χ2v) is 18.3. The number of likely N-dealkylation sites (tertiary alicyclic amines) is 1. The molecule has 4 aliphatic rings. The number of halogens is 3. The lowest BCUT2D eigenvalue weighted by atomic mass is 9.60. The molecule has 2 saturated carbocycles. The quantitative estimate of drug-likeness (QED) is 0.142. The van der Waals surface area contributed by atoms with Crippen LogP contribution < -0.4 is 25.7 Å². The van der Waals surface area contributed by atoms with Crippen LogP contribution in [0.2, 0.25) is 0 Å². The van der Waals surface area contributed by atoms with Crippen molar-refractivity contribution >= 4 is 44.3 Å². The Morgan fingerprint density at radius 2 is 1.68 bits per heavy atom. The molecule has 2 amide bonds. The number of anilines is 2. The average Bonchev–Trinajstić information content (AvgIpc) is 3.21. The Balaban J connectivity index is 0.852. The molecule has 2 aliphatic carbocycles. The van der Waals surface area contributed by atoms with E-state index in [2.05, 4.69) is 25.2 Å². The number of nitrogens with zero attached hydrogens (tertiary/aromatic N) is 4. The summed E-state index contributed by atoms with van der Waals surface area (Å²) < 4.78 is 80.8. The van der Waals surface area contributed by atoms with Gasteiger partial charge in [-0.15, -0.1) is 0 Å². The van der Waals surface area contributed by atoms with E-state index in [9.17, 15) is 27.2 Å². The van der Waals surface area contributed by atoms with E-state index in [1.807, 2.05) is 12.1 Å². The molecule has 13 nitrogen and oxygen atoms in total. The Hall–Kier alpha value is -5.00. The van der Waals surface area contributed by atoms with Gasteiger partial charge in [0.05, 0.1) is 22.9 Å². The lowest BCUT2D eigenvalue weighted by Crippen LogP contribution is -2.51. The zero-order chi connectivity index (χ0) is 41.6. The highest BCUT2D eigenvalue weighted by atomic mass is 32.2. The van der Waals surface area contributed by atoms with Crippen molar-refractivity contribution in [1.29, 1.82) is 0 Å². The number of imide groups is 1. The van der Waals surface area contributed by atoms with E-state index >= 15 is 8.78 Å². The van der Waals surface area contributed by atoms with Crippen LogP contribution in [0.15, 0.2) is 59.7 Å². The fraction of sp³-hybridized carbons (Fsp3) is 0.476. The second kappa shape index (κ2) is 16.2. The SMILES string of the molecule is CCN(C)S(=O)(=O)Nc1ccc(F)c(Oc2ccc3ncn(C4CC5(CCN(C6CCC(c7ccc(NC8CCC(=O)NC8=O)cc7F)CC6)CC5)C4)c(=O)c3c2)c1F.